The Hall–Kier alpha value is 0.0600. The van der Waals surface area contributed by atoms with Crippen molar-refractivity contribution in [3.63, 3.8) is 0 Å². The van der Waals surface area contributed by atoms with Gasteiger partial charge in [0.1, 0.15) is 4.88 Å². The van der Waals surface area contributed by atoms with E-state index >= 15 is 0 Å². The number of thiazole rings is 1. The first kappa shape index (κ1) is 15.1. The van der Waals surface area contributed by atoms with E-state index in [1.165, 1.54) is 11.3 Å². The summed E-state index contributed by atoms with van der Waals surface area (Å²) in [6, 6.07) is 0. The van der Waals surface area contributed by atoms with Crippen molar-refractivity contribution in [1.29, 1.82) is 0 Å². The molecule has 0 aliphatic rings. The summed E-state index contributed by atoms with van der Waals surface area (Å²) in [6.45, 7) is 5.85. The topological polar surface area (TPSA) is 42.0 Å². The summed E-state index contributed by atoms with van der Waals surface area (Å²) >= 11 is 8.36. The number of carbonyl (C=O) groups excluding carboxylic acids is 1. The Morgan fingerprint density at radius 3 is 2.35 bits per heavy atom. The molecule has 0 saturated carbocycles. The summed E-state index contributed by atoms with van der Waals surface area (Å²) in [6.07, 6.45) is 0.867. The van der Waals surface area contributed by atoms with Gasteiger partial charge < -0.3 is 5.32 Å². The number of aryl methyl sites for hydroxylation is 2. The third-order valence-corrected chi connectivity index (χ3v) is 5.90. The number of aromatic nitrogens is 1. The fraction of sp³-hybridized carbons (Fsp3) is 0.636. The van der Waals surface area contributed by atoms with Crippen molar-refractivity contribution in [3.05, 3.63) is 15.6 Å². The van der Waals surface area contributed by atoms with Crippen LogP contribution in [0.15, 0.2) is 0 Å². The highest BCUT2D eigenvalue weighted by molar-refractivity contribution is 9.09. The summed E-state index contributed by atoms with van der Waals surface area (Å²) in [5.74, 6) is -0.0335. The molecule has 0 aliphatic carbocycles. The minimum Gasteiger partial charge on any atom is -0.344 e. The van der Waals surface area contributed by atoms with E-state index in [1.54, 1.807) is 0 Å². The first-order valence-electron chi connectivity index (χ1n) is 5.36. The standard InChI is InChI=1S/C11H16Br2N2OS/c1-4-11(5-12,6-13)15-10(16)9-7(2)14-8(3)17-9/h4-6H2,1-3H3,(H,15,16). The molecule has 1 heterocycles. The smallest absolute Gasteiger partial charge is 0.263 e. The number of nitrogens with one attached hydrogen (secondary N) is 1. The van der Waals surface area contributed by atoms with Crippen molar-refractivity contribution in [2.24, 2.45) is 0 Å². The van der Waals surface area contributed by atoms with Gasteiger partial charge in [0.2, 0.25) is 0 Å². The van der Waals surface area contributed by atoms with E-state index in [2.05, 4.69) is 49.1 Å². The summed E-state index contributed by atoms with van der Waals surface area (Å²) in [4.78, 5) is 17.2. The van der Waals surface area contributed by atoms with Crippen molar-refractivity contribution in [1.82, 2.24) is 10.3 Å². The number of nitrogens with zero attached hydrogens (tertiary/aromatic N) is 1. The Bertz CT molecular complexity index is 394. The zero-order valence-corrected chi connectivity index (χ0v) is 14.1. The molecule has 96 valence electrons. The molecule has 17 heavy (non-hydrogen) atoms. The SMILES string of the molecule is CCC(CBr)(CBr)NC(=O)c1sc(C)nc1C. The molecule has 1 amide bonds. The molecule has 0 aliphatic heterocycles. The molecule has 0 fully saturated rings. The lowest BCUT2D eigenvalue weighted by Crippen LogP contribution is -2.51. The Morgan fingerprint density at radius 1 is 1.41 bits per heavy atom. The molecule has 0 unspecified atom stereocenters. The molecule has 0 atom stereocenters. The van der Waals surface area contributed by atoms with Gasteiger partial charge in [-0.2, -0.15) is 0 Å². The summed E-state index contributed by atoms with van der Waals surface area (Å²) < 4.78 is 0. The minimum atomic E-state index is -0.235. The average molecular weight is 384 g/mol. The summed E-state index contributed by atoms with van der Waals surface area (Å²) in [7, 11) is 0. The lowest BCUT2D eigenvalue weighted by atomic mass is 10.0. The number of hydrogen-bond donors (Lipinski definition) is 1. The molecule has 1 aromatic heterocycles. The maximum Gasteiger partial charge on any atom is 0.263 e. The molecule has 6 heteroatoms. The third-order valence-electron chi connectivity index (χ3n) is 2.68. The van der Waals surface area contributed by atoms with Crippen molar-refractivity contribution in [2.45, 2.75) is 32.7 Å². The molecule has 1 aromatic rings. The van der Waals surface area contributed by atoms with E-state index in [9.17, 15) is 4.79 Å². The van der Waals surface area contributed by atoms with Crippen LogP contribution in [0.25, 0.3) is 0 Å². The Balaban J connectivity index is 2.88. The van der Waals surface area contributed by atoms with Crippen LogP contribution in [0.1, 0.15) is 33.7 Å². The minimum absolute atomic E-state index is 0.0335. The van der Waals surface area contributed by atoms with E-state index in [1.807, 2.05) is 13.8 Å². The van der Waals surface area contributed by atoms with Gasteiger partial charge in [0.25, 0.3) is 5.91 Å². The van der Waals surface area contributed by atoms with Crippen molar-refractivity contribution >= 4 is 49.1 Å². The maximum atomic E-state index is 12.2. The van der Waals surface area contributed by atoms with E-state index in [0.717, 1.165) is 27.8 Å². The molecule has 0 spiro atoms. The van der Waals surface area contributed by atoms with Crippen LogP contribution < -0.4 is 5.32 Å². The highest BCUT2D eigenvalue weighted by Gasteiger charge is 2.29. The van der Waals surface area contributed by atoms with Gasteiger partial charge >= 0.3 is 0 Å². The predicted molar refractivity (Wildman–Crippen MR) is 79.7 cm³/mol. The van der Waals surface area contributed by atoms with Crippen LogP contribution in [0.4, 0.5) is 0 Å². The average Bonchev–Trinajstić information content (AvgIpc) is 2.65. The lowest BCUT2D eigenvalue weighted by molar-refractivity contribution is 0.0919. The summed E-state index contributed by atoms with van der Waals surface area (Å²) in [5.41, 5.74) is 0.570. The molecule has 3 nitrogen and oxygen atoms in total. The monoisotopic (exact) mass is 382 g/mol. The highest BCUT2D eigenvalue weighted by Crippen LogP contribution is 2.21. The third kappa shape index (κ3) is 3.51. The van der Waals surface area contributed by atoms with Crippen molar-refractivity contribution < 1.29 is 4.79 Å². The van der Waals surface area contributed by atoms with Crippen molar-refractivity contribution in [3.8, 4) is 0 Å². The fourth-order valence-electron chi connectivity index (χ4n) is 1.42. The molecular weight excluding hydrogens is 368 g/mol. The number of hydrogen-bond acceptors (Lipinski definition) is 3. The van der Waals surface area contributed by atoms with Crippen LogP contribution in [0.5, 0.6) is 0 Å². The number of alkyl halides is 2. The second-order valence-corrected chi connectivity index (χ2v) is 6.33. The van der Waals surface area contributed by atoms with E-state index in [0.29, 0.717) is 4.88 Å². The van der Waals surface area contributed by atoms with E-state index in [4.69, 9.17) is 0 Å². The lowest BCUT2D eigenvalue weighted by Gasteiger charge is -2.29. The molecule has 1 N–H and O–H groups in total. The van der Waals surface area contributed by atoms with Crippen LogP contribution in [0.2, 0.25) is 0 Å². The number of carbonyl (C=O) groups is 1. The summed E-state index contributed by atoms with van der Waals surface area (Å²) in [5, 5.41) is 5.46. The van der Waals surface area contributed by atoms with Crippen LogP contribution in [0, 0.1) is 13.8 Å². The fourth-order valence-corrected chi connectivity index (χ4v) is 4.24. The normalized spacial score (nSPS) is 11.6. The van der Waals surface area contributed by atoms with Gasteiger partial charge in [0.15, 0.2) is 0 Å². The van der Waals surface area contributed by atoms with Gasteiger partial charge in [0.05, 0.1) is 16.2 Å². The van der Waals surface area contributed by atoms with Gasteiger partial charge in [-0.25, -0.2) is 4.98 Å². The van der Waals surface area contributed by atoms with Crippen LogP contribution in [0.3, 0.4) is 0 Å². The maximum absolute atomic E-state index is 12.2. The molecule has 0 radical (unpaired) electrons. The Morgan fingerprint density at radius 2 is 2.00 bits per heavy atom. The molecular formula is C11H16Br2N2OS. The van der Waals surface area contributed by atoms with Gasteiger partial charge in [-0.15, -0.1) is 11.3 Å². The van der Waals surface area contributed by atoms with Gasteiger partial charge in [0, 0.05) is 10.7 Å². The largest absolute Gasteiger partial charge is 0.344 e. The first-order valence-corrected chi connectivity index (χ1v) is 8.42. The van der Waals surface area contributed by atoms with Gasteiger partial charge in [-0.05, 0) is 20.3 Å². The van der Waals surface area contributed by atoms with Crippen LogP contribution >= 0.6 is 43.2 Å². The Kier molecular flexibility index (Phi) is 5.60. The number of halogens is 2. The Labute approximate surface area is 123 Å². The molecule has 1 rings (SSSR count). The number of rotatable bonds is 5. The quantitative estimate of drug-likeness (QED) is 0.791. The predicted octanol–water partition coefficient (Wildman–Crippen LogP) is 3.43. The van der Waals surface area contributed by atoms with Crippen molar-refractivity contribution in [2.75, 3.05) is 10.7 Å². The second-order valence-electron chi connectivity index (χ2n) is 4.00. The second kappa shape index (κ2) is 6.29. The molecule has 0 aromatic carbocycles. The van der Waals surface area contributed by atoms with E-state index in [-0.39, 0.29) is 11.4 Å². The van der Waals surface area contributed by atoms with Crippen LogP contribution in [-0.4, -0.2) is 27.1 Å². The van der Waals surface area contributed by atoms with Gasteiger partial charge in [-0.1, -0.05) is 38.8 Å². The zero-order chi connectivity index (χ0) is 13.1. The highest BCUT2D eigenvalue weighted by atomic mass is 79.9. The molecule has 0 saturated heterocycles. The van der Waals surface area contributed by atoms with E-state index < -0.39 is 0 Å². The molecule has 0 bridgehead atoms. The number of amides is 1. The first-order chi connectivity index (χ1) is 7.98. The van der Waals surface area contributed by atoms with Crippen LogP contribution in [-0.2, 0) is 0 Å². The zero-order valence-electron chi connectivity index (χ0n) is 10.1. The van der Waals surface area contributed by atoms with Gasteiger partial charge in [-0.3, -0.25) is 4.79 Å².